The van der Waals surface area contributed by atoms with Crippen molar-refractivity contribution in [1.29, 1.82) is 0 Å². The molecule has 0 saturated heterocycles. The summed E-state index contributed by atoms with van der Waals surface area (Å²) in [5, 5.41) is 3.99. The first-order valence-electron chi connectivity index (χ1n) is 6.37. The lowest BCUT2D eigenvalue weighted by atomic mass is 10.0. The van der Waals surface area contributed by atoms with Crippen molar-refractivity contribution in [2.24, 2.45) is 7.05 Å². The maximum Gasteiger partial charge on any atom is 0.189 e. The molecule has 0 aliphatic rings. The first-order valence-corrected chi connectivity index (χ1v) is 6.37. The summed E-state index contributed by atoms with van der Waals surface area (Å²) in [6.07, 6.45) is 6.71. The van der Waals surface area contributed by atoms with Gasteiger partial charge < -0.3 is 0 Å². The first-order chi connectivity index (χ1) is 9.06. The molecule has 0 unspecified atom stereocenters. The SMILES string of the molecule is CC(C)c1ccc(C=CC(=O)c2cnn(C)c2)cc1. The van der Waals surface area contributed by atoms with E-state index in [-0.39, 0.29) is 5.78 Å². The van der Waals surface area contributed by atoms with Crippen LogP contribution >= 0.6 is 0 Å². The minimum absolute atomic E-state index is 0.0268. The largest absolute Gasteiger partial charge is 0.289 e. The zero-order valence-electron chi connectivity index (χ0n) is 11.5. The molecular weight excluding hydrogens is 236 g/mol. The molecule has 0 N–H and O–H groups in total. The summed E-state index contributed by atoms with van der Waals surface area (Å²) >= 11 is 0. The molecule has 0 amide bonds. The fraction of sp³-hybridized carbons (Fsp3) is 0.250. The molecule has 19 heavy (non-hydrogen) atoms. The van der Waals surface area contributed by atoms with Crippen LogP contribution in [0.25, 0.3) is 6.08 Å². The summed E-state index contributed by atoms with van der Waals surface area (Å²) in [7, 11) is 1.80. The zero-order valence-corrected chi connectivity index (χ0v) is 11.5. The summed E-state index contributed by atoms with van der Waals surface area (Å²) < 4.78 is 1.62. The third-order valence-electron chi connectivity index (χ3n) is 3.02. The van der Waals surface area contributed by atoms with Gasteiger partial charge in [0.25, 0.3) is 0 Å². The maximum absolute atomic E-state index is 11.9. The Morgan fingerprint density at radius 3 is 2.47 bits per heavy atom. The average Bonchev–Trinajstić information content (AvgIpc) is 2.83. The van der Waals surface area contributed by atoms with Gasteiger partial charge in [0.1, 0.15) is 0 Å². The standard InChI is InChI=1S/C16H18N2O/c1-12(2)14-7-4-13(5-8-14)6-9-16(19)15-10-17-18(3)11-15/h4-12H,1-3H3. The summed E-state index contributed by atoms with van der Waals surface area (Å²) in [5.74, 6) is 0.496. The van der Waals surface area contributed by atoms with Crippen molar-refractivity contribution < 1.29 is 4.79 Å². The molecule has 0 aliphatic carbocycles. The number of ketones is 1. The number of aryl methyl sites for hydroxylation is 1. The van der Waals surface area contributed by atoms with E-state index in [0.717, 1.165) is 5.56 Å². The van der Waals surface area contributed by atoms with Crippen molar-refractivity contribution in [1.82, 2.24) is 9.78 Å². The number of nitrogens with zero attached hydrogens (tertiary/aromatic N) is 2. The van der Waals surface area contributed by atoms with E-state index in [2.05, 4.69) is 31.1 Å². The minimum atomic E-state index is -0.0268. The number of rotatable bonds is 4. The molecule has 0 aliphatic heterocycles. The van der Waals surface area contributed by atoms with Gasteiger partial charge in [-0.15, -0.1) is 0 Å². The number of carbonyl (C=O) groups excluding carboxylic acids is 1. The molecule has 98 valence electrons. The molecule has 1 aromatic carbocycles. The summed E-state index contributed by atoms with van der Waals surface area (Å²) in [6, 6.07) is 8.25. The van der Waals surface area contributed by atoms with Crippen molar-refractivity contribution in [3.8, 4) is 0 Å². The Morgan fingerprint density at radius 1 is 1.26 bits per heavy atom. The maximum atomic E-state index is 11.9. The third-order valence-corrected chi connectivity index (χ3v) is 3.02. The molecule has 2 rings (SSSR count). The van der Waals surface area contributed by atoms with Gasteiger partial charge in [-0.25, -0.2) is 0 Å². The minimum Gasteiger partial charge on any atom is -0.289 e. The average molecular weight is 254 g/mol. The molecule has 3 nitrogen and oxygen atoms in total. The lowest BCUT2D eigenvalue weighted by Gasteiger charge is -2.04. The number of carbonyl (C=O) groups is 1. The van der Waals surface area contributed by atoms with Crippen LogP contribution in [0.5, 0.6) is 0 Å². The number of benzene rings is 1. The van der Waals surface area contributed by atoms with Crippen LogP contribution < -0.4 is 0 Å². The molecule has 1 heterocycles. The molecule has 0 atom stereocenters. The van der Waals surface area contributed by atoms with Gasteiger partial charge in [-0.3, -0.25) is 9.48 Å². The lowest BCUT2D eigenvalue weighted by Crippen LogP contribution is -1.92. The predicted molar refractivity (Wildman–Crippen MR) is 77.1 cm³/mol. The highest BCUT2D eigenvalue weighted by atomic mass is 16.1. The van der Waals surface area contributed by atoms with E-state index in [4.69, 9.17) is 0 Å². The summed E-state index contributed by atoms with van der Waals surface area (Å²) in [5.41, 5.74) is 2.94. The van der Waals surface area contributed by atoms with Crippen molar-refractivity contribution in [2.75, 3.05) is 0 Å². The molecule has 2 aromatic rings. The molecule has 0 bridgehead atoms. The molecule has 0 saturated carbocycles. The predicted octanol–water partition coefficient (Wildman–Crippen LogP) is 3.44. The van der Waals surface area contributed by atoms with Gasteiger partial charge in [0.05, 0.1) is 11.8 Å². The molecular formula is C16H18N2O. The number of hydrogen-bond donors (Lipinski definition) is 0. The molecule has 0 spiro atoms. The van der Waals surface area contributed by atoms with Crippen molar-refractivity contribution in [2.45, 2.75) is 19.8 Å². The highest BCUT2D eigenvalue weighted by Crippen LogP contribution is 2.15. The van der Waals surface area contributed by atoms with Crippen molar-refractivity contribution >= 4 is 11.9 Å². The van der Waals surface area contributed by atoms with Crippen molar-refractivity contribution in [3.63, 3.8) is 0 Å². The smallest absolute Gasteiger partial charge is 0.189 e. The highest BCUT2D eigenvalue weighted by molar-refractivity contribution is 6.06. The Kier molecular flexibility index (Phi) is 3.95. The molecule has 1 aromatic heterocycles. The van der Waals surface area contributed by atoms with E-state index in [0.29, 0.717) is 11.5 Å². The lowest BCUT2D eigenvalue weighted by molar-refractivity contribution is 0.104. The second kappa shape index (κ2) is 5.65. The Bertz CT molecular complexity index is 591. The van der Waals surface area contributed by atoms with E-state index < -0.39 is 0 Å². The summed E-state index contributed by atoms with van der Waals surface area (Å²) in [6.45, 7) is 4.33. The Balaban J connectivity index is 2.08. The normalized spacial score (nSPS) is 11.4. The Labute approximate surface area is 113 Å². The van der Waals surface area contributed by atoms with Crippen LogP contribution in [0.15, 0.2) is 42.7 Å². The zero-order chi connectivity index (χ0) is 13.8. The Hall–Kier alpha value is -2.16. The summed E-state index contributed by atoms with van der Waals surface area (Å²) in [4.78, 5) is 11.9. The van der Waals surface area contributed by atoms with Crippen LogP contribution in [0.4, 0.5) is 0 Å². The number of hydrogen-bond acceptors (Lipinski definition) is 2. The third kappa shape index (κ3) is 3.41. The van der Waals surface area contributed by atoms with E-state index in [9.17, 15) is 4.79 Å². The van der Waals surface area contributed by atoms with Crippen LogP contribution in [0.2, 0.25) is 0 Å². The van der Waals surface area contributed by atoms with Gasteiger partial charge in [0.15, 0.2) is 5.78 Å². The van der Waals surface area contributed by atoms with Crippen LogP contribution in [-0.4, -0.2) is 15.6 Å². The van der Waals surface area contributed by atoms with Crippen LogP contribution in [0, 0.1) is 0 Å². The number of aromatic nitrogens is 2. The van der Waals surface area contributed by atoms with E-state index >= 15 is 0 Å². The second-order valence-electron chi connectivity index (χ2n) is 4.92. The highest BCUT2D eigenvalue weighted by Gasteiger charge is 2.03. The Morgan fingerprint density at radius 2 is 1.95 bits per heavy atom. The van der Waals surface area contributed by atoms with Crippen LogP contribution in [0.1, 0.15) is 41.3 Å². The van der Waals surface area contributed by atoms with Gasteiger partial charge in [-0.1, -0.05) is 44.2 Å². The quantitative estimate of drug-likeness (QED) is 0.619. The topological polar surface area (TPSA) is 34.9 Å². The van der Waals surface area contributed by atoms with E-state index in [1.165, 1.54) is 5.56 Å². The van der Waals surface area contributed by atoms with Gasteiger partial charge in [0.2, 0.25) is 0 Å². The molecule has 3 heteroatoms. The fourth-order valence-corrected chi connectivity index (χ4v) is 1.81. The van der Waals surface area contributed by atoms with E-state index in [1.807, 2.05) is 18.2 Å². The number of allylic oxidation sites excluding steroid dienone is 1. The van der Waals surface area contributed by atoms with E-state index in [1.54, 1.807) is 30.2 Å². The van der Waals surface area contributed by atoms with Crippen LogP contribution in [0.3, 0.4) is 0 Å². The van der Waals surface area contributed by atoms with Crippen molar-refractivity contribution in [3.05, 3.63) is 59.4 Å². The fourth-order valence-electron chi connectivity index (χ4n) is 1.81. The van der Waals surface area contributed by atoms with Gasteiger partial charge >= 0.3 is 0 Å². The van der Waals surface area contributed by atoms with Gasteiger partial charge in [-0.05, 0) is 23.1 Å². The monoisotopic (exact) mass is 254 g/mol. The first kappa shape index (κ1) is 13.3. The van der Waals surface area contributed by atoms with Gasteiger partial charge in [-0.2, -0.15) is 5.10 Å². The van der Waals surface area contributed by atoms with Gasteiger partial charge in [0, 0.05) is 13.2 Å². The molecule has 0 fully saturated rings. The molecule has 0 radical (unpaired) electrons. The van der Waals surface area contributed by atoms with Crippen LogP contribution in [-0.2, 0) is 7.05 Å². The second-order valence-corrected chi connectivity index (χ2v) is 4.92.